The van der Waals surface area contributed by atoms with Gasteiger partial charge in [-0.2, -0.15) is 0 Å². The van der Waals surface area contributed by atoms with Gasteiger partial charge in [0.1, 0.15) is 0 Å². The van der Waals surface area contributed by atoms with Gasteiger partial charge in [-0.25, -0.2) is 0 Å². The van der Waals surface area contributed by atoms with Gasteiger partial charge < -0.3 is 15.4 Å². The first kappa shape index (κ1) is 23.6. The first-order valence-corrected chi connectivity index (χ1v) is 10.8. The highest BCUT2D eigenvalue weighted by Crippen LogP contribution is 2.27. The van der Waals surface area contributed by atoms with E-state index >= 15 is 0 Å². The van der Waals surface area contributed by atoms with Crippen molar-refractivity contribution in [2.75, 3.05) is 38.1 Å². The highest BCUT2D eigenvalue weighted by Gasteiger charge is 2.25. The zero-order chi connectivity index (χ0) is 21.4. The lowest BCUT2D eigenvalue weighted by atomic mass is 9.96. The third-order valence-corrected chi connectivity index (χ3v) is 5.39. The van der Waals surface area contributed by atoms with E-state index in [0.29, 0.717) is 30.4 Å². The standard InChI is InChI=1S/C22H34ClN3O3/c1-15(2)29-11-5-8-24-22(28)18-6-9-26(10-7-18)14-20(27)25-21-17(4)12-16(3)13-19(21)23/h12-13,15,18H,5-11,14H2,1-4H3,(H,24,28)(H,25,27). The van der Waals surface area contributed by atoms with E-state index in [2.05, 4.69) is 15.5 Å². The van der Waals surface area contributed by atoms with Gasteiger partial charge in [0.15, 0.2) is 0 Å². The zero-order valence-corrected chi connectivity index (χ0v) is 18.8. The van der Waals surface area contributed by atoms with Crippen molar-refractivity contribution in [3.05, 3.63) is 28.3 Å². The van der Waals surface area contributed by atoms with Crippen molar-refractivity contribution < 1.29 is 14.3 Å². The second-order valence-electron chi connectivity index (χ2n) is 8.10. The van der Waals surface area contributed by atoms with Crippen molar-refractivity contribution in [1.29, 1.82) is 0 Å². The van der Waals surface area contributed by atoms with E-state index in [-0.39, 0.29) is 23.8 Å². The number of nitrogens with one attached hydrogen (secondary N) is 2. The molecule has 7 heteroatoms. The summed E-state index contributed by atoms with van der Waals surface area (Å²) in [5.41, 5.74) is 2.70. The number of benzene rings is 1. The van der Waals surface area contributed by atoms with E-state index in [1.807, 2.05) is 39.8 Å². The number of carbonyl (C=O) groups is 2. The van der Waals surface area contributed by atoms with Crippen LogP contribution >= 0.6 is 11.6 Å². The lowest BCUT2D eigenvalue weighted by Gasteiger charge is -2.30. The van der Waals surface area contributed by atoms with Crippen molar-refractivity contribution in [3.63, 3.8) is 0 Å². The molecule has 0 saturated carbocycles. The molecular formula is C22H34ClN3O3. The van der Waals surface area contributed by atoms with E-state index in [9.17, 15) is 9.59 Å². The highest BCUT2D eigenvalue weighted by molar-refractivity contribution is 6.34. The maximum atomic E-state index is 12.4. The van der Waals surface area contributed by atoms with Gasteiger partial charge >= 0.3 is 0 Å². The fourth-order valence-electron chi connectivity index (χ4n) is 3.56. The van der Waals surface area contributed by atoms with Gasteiger partial charge in [0.05, 0.1) is 23.4 Å². The highest BCUT2D eigenvalue weighted by atomic mass is 35.5. The van der Waals surface area contributed by atoms with Crippen LogP contribution < -0.4 is 10.6 Å². The van der Waals surface area contributed by atoms with Gasteiger partial charge in [-0.05, 0) is 77.2 Å². The minimum atomic E-state index is -0.0769. The molecule has 1 saturated heterocycles. The summed E-state index contributed by atoms with van der Waals surface area (Å²) in [6.45, 7) is 11.0. The molecule has 2 N–H and O–H groups in total. The smallest absolute Gasteiger partial charge is 0.238 e. The van der Waals surface area contributed by atoms with Crippen molar-refractivity contribution in [2.24, 2.45) is 5.92 Å². The fourth-order valence-corrected chi connectivity index (χ4v) is 3.92. The van der Waals surface area contributed by atoms with Gasteiger partial charge in [-0.15, -0.1) is 0 Å². The lowest BCUT2D eigenvalue weighted by Crippen LogP contribution is -2.43. The largest absolute Gasteiger partial charge is 0.379 e. The van der Waals surface area contributed by atoms with E-state index < -0.39 is 0 Å². The SMILES string of the molecule is Cc1cc(C)c(NC(=O)CN2CCC(C(=O)NCCCOC(C)C)CC2)c(Cl)c1. The summed E-state index contributed by atoms with van der Waals surface area (Å²) in [6.07, 6.45) is 2.58. The summed E-state index contributed by atoms with van der Waals surface area (Å²) in [5.74, 6) is 0.0572. The van der Waals surface area contributed by atoms with Gasteiger partial charge in [-0.1, -0.05) is 17.7 Å². The molecule has 162 valence electrons. The fraction of sp³-hybridized carbons (Fsp3) is 0.636. The van der Waals surface area contributed by atoms with E-state index in [4.69, 9.17) is 16.3 Å². The Labute approximate surface area is 179 Å². The number of anilines is 1. The summed E-state index contributed by atoms with van der Waals surface area (Å²) in [4.78, 5) is 26.8. The molecule has 0 radical (unpaired) electrons. The quantitative estimate of drug-likeness (QED) is 0.596. The molecule has 1 aromatic rings. The summed E-state index contributed by atoms with van der Waals surface area (Å²) < 4.78 is 5.48. The number of hydrogen-bond donors (Lipinski definition) is 2. The van der Waals surface area contributed by atoms with Crippen molar-refractivity contribution >= 4 is 29.1 Å². The molecule has 29 heavy (non-hydrogen) atoms. The Balaban J connectivity index is 1.70. The monoisotopic (exact) mass is 423 g/mol. The number of rotatable bonds is 9. The van der Waals surface area contributed by atoms with E-state index in [0.717, 1.165) is 43.5 Å². The first-order valence-electron chi connectivity index (χ1n) is 10.4. The van der Waals surface area contributed by atoms with Crippen LogP contribution in [-0.2, 0) is 14.3 Å². The average Bonchev–Trinajstić information content (AvgIpc) is 2.64. The van der Waals surface area contributed by atoms with Crippen molar-refractivity contribution in [3.8, 4) is 0 Å². The van der Waals surface area contributed by atoms with E-state index in [1.54, 1.807) is 0 Å². The second-order valence-corrected chi connectivity index (χ2v) is 8.51. The molecule has 0 unspecified atom stereocenters. The number of carbonyl (C=O) groups excluding carboxylic acids is 2. The maximum Gasteiger partial charge on any atom is 0.238 e. The van der Waals surface area contributed by atoms with Gasteiger partial charge in [0, 0.05) is 19.1 Å². The number of hydrogen-bond acceptors (Lipinski definition) is 4. The summed E-state index contributed by atoms with van der Waals surface area (Å²) in [6, 6.07) is 3.85. The van der Waals surface area contributed by atoms with Crippen molar-refractivity contribution in [1.82, 2.24) is 10.2 Å². The third-order valence-electron chi connectivity index (χ3n) is 5.09. The van der Waals surface area contributed by atoms with Crippen LogP contribution in [0.3, 0.4) is 0 Å². The molecule has 0 aromatic heterocycles. The first-order chi connectivity index (χ1) is 13.8. The normalized spacial score (nSPS) is 15.5. The molecule has 6 nitrogen and oxygen atoms in total. The number of ether oxygens (including phenoxy) is 1. The maximum absolute atomic E-state index is 12.4. The van der Waals surface area contributed by atoms with Crippen molar-refractivity contribution in [2.45, 2.75) is 53.1 Å². The number of nitrogens with zero attached hydrogens (tertiary/aromatic N) is 1. The number of amides is 2. The summed E-state index contributed by atoms with van der Waals surface area (Å²) in [7, 11) is 0. The van der Waals surface area contributed by atoms with Crippen LogP contribution in [0.2, 0.25) is 5.02 Å². The topological polar surface area (TPSA) is 70.7 Å². The Morgan fingerprint density at radius 2 is 1.93 bits per heavy atom. The molecule has 2 rings (SSSR count). The predicted octanol–water partition coefficient (Wildman–Crippen LogP) is 3.54. The molecule has 0 bridgehead atoms. The molecule has 1 heterocycles. The lowest BCUT2D eigenvalue weighted by molar-refractivity contribution is -0.126. The third kappa shape index (κ3) is 7.96. The van der Waals surface area contributed by atoms with Crippen LogP contribution in [0.1, 0.15) is 44.2 Å². The molecule has 1 aliphatic heterocycles. The van der Waals surface area contributed by atoms with Crippen LogP contribution in [0.15, 0.2) is 12.1 Å². The molecule has 1 aromatic carbocycles. The van der Waals surface area contributed by atoms with Gasteiger partial charge in [-0.3, -0.25) is 14.5 Å². The number of aryl methyl sites for hydroxylation is 2. The van der Waals surface area contributed by atoms with Gasteiger partial charge in [0.2, 0.25) is 11.8 Å². The number of halogens is 1. The van der Waals surface area contributed by atoms with Crippen LogP contribution in [0.5, 0.6) is 0 Å². The van der Waals surface area contributed by atoms with Gasteiger partial charge in [0.25, 0.3) is 0 Å². The Bertz CT molecular complexity index is 678. The molecule has 1 aliphatic rings. The van der Waals surface area contributed by atoms with Crippen LogP contribution in [0.25, 0.3) is 0 Å². The Morgan fingerprint density at radius 3 is 2.55 bits per heavy atom. The molecule has 0 aliphatic carbocycles. The average molecular weight is 424 g/mol. The minimum absolute atomic E-state index is 0.0223. The number of likely N-dealkylation sites (tertiary alicyclic amines) is 1. The zero-order valence-electron chi connectivity index (χ0n) is 18.0. The molecule has 2 amide bonds. The Kier molecular flexibility index (Phi) is 9.40. The molecule has 1 fully saturated rings. The van der Waals surface area contributed by atoms with Crippen LogP contribution in [0.4, 0.5) is 5.69 Å². The predicted molar refractivity (Wildman–Crippen MR) is 117 cm³/mol. The Morgan fingerprint density at radius 1 is 1.24 bits per heavy atom. The van der Waals surface area contributed by atoms with E-state index in [1.165, 1.54) is 0 Å². The summed E-state index contributed by atoms with van der Waals surface area (Å²) in [5, 5.41) is 6.49. The minimum Gasteiger partial charge on any atom is -0.379 e. The molecule has 0 spiro atoms. The summed E-state index contributed by atoms with van der Waals surface area (Å²) >= 11 is 6.27. The van der Waals surface area contributed by atoms with Crippen LogP contribution in [0, 0.1) is 19.8 Å². The molecular weight excluding hydrogens is 390 g/mol. The second kappa shape index (κ2) is 11.5. The molecule has 0 atom stereocenters. The Hall–Kier alpha value is -1.63. The number of piperidine rings is 1. The van der Waals surface area contributed by atoms with Crippen LogP contribution in [-0.4, -0.2) is 55.6 Å².